The lowest BCUT2D eigenvalue weighted by molar-refractivity contribution is 0.102. The van der Waals surface area contributed by atoms with Crippen LogP contribution in [0.4, 0.5) is 5.82 Å². The van der Waals surface area contributed by atoms with Crippen molar-refractivity contribution < 1.29 is 4.79 Å². The van der Waals surface area contributed by atoms with E-state index in [2.05, 4.69) is 31.2 Å². The standard InChI is InChI=1S/C11H6BrCl2N3O/c12-8-3-6(13)1-2-7(8)11(18)17-10-5-15-4-9(14)16-10/h1-5H,(H,16,17,18). The van der Waals surface area contributed by atoms with Crippen LogP contribution in [0.1, 0.15) is 10.4 Å². The van der Waals surface area contributed by atoms with Crippen molar-refractivity contribution in [2.45, 2.75) is 0 Å². The van der Waals surface area contributed by atoms with Crippen LogP contribution in [0.15, 0.2) is 35.1 Å². The highest BCUT2D eigenvalue weighted by Crippen LogP contribution is 2.22. The molecule has 0 bridgehead atoms. The molecule has 4 nitrogen and oxygen atoms in total. The lowest BCUT2D eigenvalue weighted by Gasteiger charge is -2.06. The molecule has 1 aromatic heterocycles. The predicted octanol–water partition coefficient (Wildman–Crippen LogP) is 3.80. The molecule has 18 heavy (non-hydrogen) atoms. The van der Waals surface area contributed by atoms with Crippen molar-refractivity contribution in [3.05, 3.63) is 50.8 Å². The Hall–Kier alpha value is -1.17. The highest BCUT2D eigenvalue weighted by molar-refractivity contribution is 9.10. The molecule has 0 atom stereocenters. The van der Waals surface area contributed by atoms with Crippen LogP contribution in [0.5, 0.6) is 0 Å². The van der Waals surface area contributed by atoms with Crippen LogP contribution < -0.4 is 5.32 Å². The Kier molecular flexibility index (Phi) is 4.16. The molecule has 0 aliphatic heterocycles. The van der Waals surface area contributed by atoms with Crippen molar-refractivity contribution in [2.75, 3.05) is 5.32 Å². The van der Waals surface area contributed by atoms with Gasteiger partial charge >= 0.3 is 0 Å². The Morgan fingerprint density at radius 1 is 1.28 bits per heavy atom. The summed E-state index contributed by atoms with van der Waals surface area (Å²) in [5.74, 6) is -0.0375. The number of carbonyl (C=O) groups excluding carboxylic acids is 1. The van der Waals surface area contributed by atoms with Crippen LogP contribution in [0, 0.1) is 0 Å². The average Bonchev–Trinajstić information content (AvgIpc) is 2.28. The van der Waals surface area contributed by atoms with Gasteiger partial charge in [0.1, 0.15) is 5.15 Å². The lowest BCUT2D eigenvalue weighted by atomic mass is 10.2. The minimum Gasteiger partial charge on any atom is -0.305 e. The quantitative estimate of drug-likeness (QED) is 0.899. The summed E-state index contributed by atoms with van der Waals surface area (Å²) in [6.45, 7) is 0. The lowest BCUT2D eigenvalue weighted by Crippen LogP contribution is -2.13. The van der Waals surface area contributed by atoms with E-state index in [1.807, 2.05) is 0 Å². The van der Waals surface area contributed by atoms with E-state index in [0.29, 0.717) is 15.1 Å². The summed E-state index contributed by atoms with van der Waals surface area (Å²) >= 11 is 14.7. The third-order valence-corrected chi connectivity index (χ3v) is 3.10. The van der Waals surface area contributed by atoms with E-state index in [9.17, 15) is 4.79 Å². The number of halogens is 3. The van der Waals surface area contributed by atoms with Gasteiger partial charge in [0.2, 0.25) is 0 Å². The number of hydrogen-bond acceptors (Lipinski definition) is 3. The van der Waals surface area contributed by atoms with Gasteiger partial charge in [-0.05, 0) is 34.1 Å². The van der Waals surface area contributed by atoms with E-state index in [4.69, 9.17) is 23.2 Å². The van der Waals surface area contributed by atoms with Gasteiger partial charge in [0.25, 0.3) is 5.91 Å². The molecule has 0 aliphatic carbocycles. The van der Waals surface area contributed by atoms with Gasteiger partial charge in [-0.3, -0.25) is 9.78 Å². The van der Waals surface area contributed by atoms with Gasteiger partial charge in [-0.25, -0.2) is 4.98 Å². The summed E-state index contributed by atoms with van der Waals surface area (Å²) in [4.78, 5) is 19.7. The van der Waals surface area contributed by atoms with Crippen LogP contribution >= 0.6 is 39.1 Å². The Labute approximate surface area is 121 Å². The molecule has 0 radical (unpaired) electrons. The van der Waals surface area contributed by atoms with E-state index in [0.717, 1.165) is 0 Å². The third-order valence-electron chi connectivity index (χ3n) is 2.02. The molecule has 92 valence electrons. The van der Waals surface area contributed by atoms with Crippen molar-refractivity contribution in [2.24, 2.45) is 0 Å². The maximum Gasteiger partial charge on any atom is 0.258 e. The van der Waals surface area contributed by atoms with Crippen LogP contribution in [-0.4, -0.2) is 15.9 Å². The van der Waals surface area contributed by atoms with Gasteiger partial charge in [0, 0.05) is 9.50 Å². The molecule has 1 aromatic carbocycles. The summed E-state index contributed by atoms with van der Waals surface area (Å²) in [6.07, 6.45) is 2.79. The number of aromatic nitrogens is 2. The third kappa shape index (κ3) is 3.19. The number of anilines is 1. The van der Waals surface area contributed by atoms with Crippen LogP contribution in [0.3, 0.4) is 0 Å². The van der Waals surface area contributed by atoms with Crippen LogP contribution in [0.25, 0.3) is 0 Å². The normalized spacial score (nSPS) is 10.2. The summed E-state index contributed by atoms with van der Waals surface area (Å²) in [5, 5.41) is 3.34. The summed E-state index contributed by atoms with van der Waals surface area (Å²) in [6, 6.07) is 4.88. The predicted molar refractivity (Wildman–Crippen MR) is 74.1 cm³/mol. The second-order valence-corrected chi connectivity index (χ2v) is 4.98. The van der Waals surface area contributed by atoms with Crippen molar-refractivity contribution in [3.63, 3.8) is 0 Å². The maximum atomic E-state index is 12.0. The smallest absolute Gasteiger partial charge is 0.258 e. The fraction of sp³-hybridized carbons (Fsp3) is 0. The highest BCUT2D eigenvalue weighted by atomic mass is 79.9. The van der Waals surface area contributed by atoms with E-state index >= 15 is 0 Å². The Balaban J connectivity index is 2.22. The molecule has 2 aromatic rings. The highest BCUT2D eigenvalue weighted by Gasteiger charge is 2.11. The molecule has 1 N–H and O–H groups in total. The Bertz CT molecular complexity index is 607. The first-order valence-electron chi connectivity index (χ1n) is 4.80. The molecular formula is C11H6BrCl2N3O. The maximum absolute atomic E-state index is 12.0. The van der Waals surface area contributed by atoms with E-state index < -0.39 is 0 Å². The molecule has 2 rings (SSSR count). The molecule has 0 spiro atoms. The second-order valence-electron chi connectivity index (χ2n) is 3.31. The molecular weight excluding hydrogens is 341 g/mol. The number of nitrogens with zero attached hydrogens (tertiary/aromatic N) is 2. The fourth-order valence-corrected chi connectivity index (χ4v) is 2.27. The number of carbonyl (C=O) groups is 1. The van der Waals surface area contributed by atoms with Gasteiger partial charge in [0.15, 0.2) is 5.82 Å². The largest absolute Gasteiger partial charge is 0.305 e. The Morgan fingerprint density at radius 3 is 2.72 bits per heavy atom. The number of nitrogens with one attached hydrogen (secondary N) is 1. The molecule has 0 unspecified atom stereocenters. The van der Waals surface area contributed by atoms with E-state index in [1.54, 1.807) is 18.2 Å². The number of amides is 1. The van der Waals surface area contributed by atoms with Gasteiger partial charge in [-0.15, -0.1) is 0 Å². The molecule has 0 saturated heterocycles. The molecule has 0 saturated carbocycles. The molecule has 1 heterocycles. The Morgan fingerprint density at radius 2 is 2.06 bits per heavy atom. The first-order chi connectivity index (χ1) is 8.56. The van der Waals surface area contributed by atoms with Gasteiger partial charge < -0.3 is 5.32 Å². The first-order valence-corrected chi connectivity index (χ1v) is 6.35. The topological polar surface area (TPSA) is 54.9 Å². The van der Waals surface area contributed by atoms with Crippen molar-refractivity contribution >= 4 is 50.9 Å². The molecule has 1 amide bonds. The number of rotatable bonds is 2. The summed E-state index contributed by atoms with van der Waals surface area (Å²) in [5.41, 5.74) is 0.446. The minimum absolute atomic E-state index is 0.211. The van der Waals surface area contributed by atoms with Crippen molar-refractivity contribution in [1.82, 2.24) is 9.97 Å². The van der Waals surface area contributed by atoms with E-state index in [1.165, 1.54) is 12.4 Å². The van der Waals surface area contributed by atoms with Gasteiger partial charge in [-0.1, -0.05) is 23.2 Å². The molecule has 0 fully saturated rings. The van der Waals surface area contributed by atoms with Crippen molar-refractivity contribution in [1.29, 1.82) is 0 Å². The summed E-state index contributed by atoms with van der Waals surface area (Å²) < 4.78 is 0.600. The zero-order valence-corrected chi connectivity index (χ0v) is 11.9. The first kappa shape index (κ1) is 13.3. The average molecular weight is 347 g/mol. The molecule has 7 heteroatoms. The molecule has 0 aliphatic rings. The summed E-state index contributed by atoms with van der Waals surface area (Å²) in [7, 11) is 0. The monoisotopic (exact) mass is 345 g/mol. The van der Waals surface area contributed by atoms with Gasteiger partial charge in [0.05, 0.1) is 18.0 Å². The SMILES string of the molecule is O=C(Nc1cncc(Cl)n1)c1ccc(Cl)cc1Br. The fourth-order valence-electron chi connectivity index (χ4n) is 1.26. The number of benzene rings is 1. The number of hydrogen-bond donors (Lipinski definition) is 1. The second kappa shape index (κ2) is 5.65. The van der Waals surface area contributed by atoms with Crippen molar-refractivity contribution in [3.8, 4) is 0 Å². The minimum atomic E-state index is -0.324. The van der Waals surface area contributed by atoms with E-state index in [-0.39, 0.29) is 16.9 Å². The van der Waals surface area contributed by atoms with Crippen LogP contribution in [-0.2, 0) is 0 Å². The zero-order valence-electron chi connectivity index (χ0n) is 8.82. The van der Waals surface area contributed by atoms with Gasteiger partial charge in [-0.2, -0.15) is 0 Å². The zero-order chi connectivity index (χ0) is 13.1. The van der Waals surface area contributed by atoms with Crippen LogP contribution in [0.2, 0.25) is 10.2 Å².